The van der Waals surface area contributed by atoms with E-state index in [1.54, 1.807) is 11.9 Å². The molecule has 3 atom stereocenters. The van der Waals surface area contributed by atoms with Crippen molar-refractivity contribution in [1.82, 2.24) is 15.5 Å². The summed E-state index contributed by atoms with van der Waals surface area (Å²) in [6.45, 7) is 0.539. The van der Waals surface area contributed by atoms with Crippen LogP contribution in [0.15, 0.2) is 4.99 Å². The Kier molecular flexibility index (Phi) is 10.8. The Balaban J connectivity index is 0.00000338. The first kappa shape index (κ1) is 23.5. The molecule has 0 aromatic rings. The number of aliphatic imine (C=N–C) groups is 1. The highest BCUT2D eigenvalue weighted by atomic mass is 127. The molecule has 1 amide bonds. The molecule has 2 fully saturated rings. The van der Waals surface area contributed by atoms with Gasteiger partial charge in [0.25, 0.3) is 0 Å². The van der Waals surface area contributed by atoms with Crippen molar-refractivity contribution in [2.75, 3.05) is 27.7 Å². The second-order valence-corrected chi connectivity index (χ2v) is 7.86. The lowest BCUT2D eigenvalue weighted by Gasteiger charge is -2.32. The zero-order valence-electron chi connectivity index (χ0n) is 16.5. The summed E-state index contributed by atoms with van der Waals surface area (Å²) >= 11 is 0. The molecule has 3 N–H and O–H groups in total. The number of rotatable bonds is 5. The van der Waals surface area contributed by atoms with Gasteiger partial charge in [-0.25, -0.2) is 0 Å². The lowest BCUT2D eigenvalue weighted by atomic mass is 9.85. The number of nitrogens with one attached hydrogen (secondary N) is 2. The Labute approximate surface area is 175 Å². The molecule has 0 bridgehead atoms. The lowest BCUT2D eigenvalue weighted by molar-refractivity contribution is -0.134. The molecule has 2 aliphatic carbocycles. The van der Waals surface area contributed by atoms with Crippen LogP contribution in [0.3, 0.4) is 0 Å². The predicted octanol–water partition coefficient (Wildman–Crippen LogP) is 2.36. The molecular formula is C19H37IN4O2. The van der Waals surface area contributed by atoms with Gasteiger partial charge in [-0.15, -0.1) is 24.0 Å². The summed E-state index contributed by atoms with van der Waals surface area (Å²) in [5.74, 6) is 1.48. The van der Waals surface area contributed by atoms with Crippen molar-refractivity contribution in [3.63, 3.8) is 0 Å². The first-order chi connectivity index (χ1) is 12.0. The van der Waals surface area contributed by atoms with Crippen LogP contribution >= 0.6 is 24.0 Å². The fraction of sp³-hybridized carbons (Fsp3) is 0.895. The number of carbonyl (C=O) groups is 1. The summed E-state index contributed by atoms with van der Waals surface area (Å²) in [6, 6.07) is 0.265. The molecule has 0 aromatic heterocycles. The number of hydrogen-bond donors (Lipinski definition) is 3. The molecule has 0 spiro atoms. The van der Waals surface area contributed by atoms with Gasteiger partial charge in [-0.05, 0) is 38.0 Å². The standard InChI is InChI=1S/C19H36N4O2.HI/c1-20-19(21-13-17(24)14-8-5-4-6-9-14)22-16-11-7-10-15(12-16)18(25)23(2)3;/h14-17,24H,4-13H2,1-3H3,(H2,20,21,22);1H. The molecule has 2 aliphatic rings. The zero-order chi connectivity index (χ0) is 18.2. The molecule has 6 nitrogen and oxygen atoms in total. The number of guanidine groups is 1. The topological polar surface area (TPSA) is 77.0 Å². The van der Waals surface area contributed by atoms with Gasteiger partial charge in [0.05, 0.1) is 6.10 Å². The van der Waals surface area contributed by atoms with Gasteiger partial charge in [-0.1, -0.05) is 25.7 Å². The molecule has 0 aromatic carbocycles. The van der Waals surface area contributed by atoms with Crippen LogP contribution < -0.4 is 10.6 Å². The molecule has 2 rings (SSSR count). The van der Waals surface area contributed by atoms with Crippen molar-refractivity contribution in [3.8, 4) is 0 Å². The minimum atomic E-state index is -0.312. The van der Waals surface area contributed by atoms with Crippen LogP contribution in [0.1, 0.15) is 57.8 Å². The highest BCUT2D eigenvalue weighted by Gasteiger charge is 2.29. The number of nitrogens with zero attached hydrogens (tertiary/aromatic N) is 2. The maximum Gasteiger partial charge on any atom is 0.225 e. The number of halogens is 1. The van der Waals surface area contributed by atoms with Gasteiger partial charge in [0.15, 0.2) is 5.96 Å². The number of hydrogen-bond acceptors (Lipinski definition) is 3. The van der Waals surface area contributed by atoms with E-state index in [1.807, 2.05) is 14.1 Å². The van der Waals surface area contributed by atoms with Crippen LogP contribution in [-0.2, 0) is 4.79 Å². The summed E-state index contributed by atoms with van der Waals surface area (Å²) in [6.07, 6.45) is 9.66. The van der Waals surface area contributed by atoms with E-state index in [9.17, 15) is 9.90 Å². The van der Waals surface area contributed by atoms with Gasteiger partial charge >= 0.3 is 0 Å². The minimum absolute atomic E-state index is 0. The highest BCUT2D eigenvalue weighted by Crippen LogP contribution is 2.27. The van der Waals surface area contributed by atoms with Crippen molar-refractivity contribution < 1.29 is 9.90 Å². The third-order valence-corrected chi connectivity index (χ3v) is 5.70. The van der Waals surface area contributed by atoms with Crippen molar-refractivity contribution in [3.05, 3.63) is 0 Å². The van der Waals surface area contributed by atoms with Gasteiger partial charge in [0, 0.05) is 39.6 Å². The molecule has 0 saturated heterocycles. The van der Waals surface area contributed by atoms with Crippen LogP contribution in [0.25, 0.3) is 0 Å². The molecule has 0 radical (unpaired) electrons. The Morgan fingerprint density at radius 3 is 2.46 bits per heavy atom. The average Bonchev–Trinajstić information content (AvgIpc) is 2.65. The Hall–Kier alpha value is -0.570. The number of aliphatic hydroxyl groups excluding tert-OH is 1. The molecule has 3 unspecified atom stereocenters. The van der Waals surface area contributed by atoms with Crippen LogP contribution in [0.2, 0.25) is 0 Å². The fourth-order valence-corrected chi connectivity index (χ4v) is 4.19. The Morgan fingerprint density at radius 1 is 1.15 bits per heavy atom. The largest absolute Gasteiger partial charge is 0.391 e. The summed E-state index contributed by atoms with van der Waals surface area (Å²) < 4.78 is 0. The lowest BCUT2D eigenvalue weighted by Crippen LogP contribution is -2.49. The predicted molar refractivity (Wildman–Crippen MR) is 117 cm³/mol. The summed E-state index contributed by atoms with van der Waals surface area (Å²) in [5.41, 5.74) is 0. The van der Waals surface area contributed by atoms with Crippen LogP contribution in [0, 0.1) is 11.8 Å². The quantitative estimate of drug-likeness (QED) is 0.321. The first-order valence-electron chi connectivity index (χ1n) is 9.87. The van der Waals surface area contributed by atoms with Crippen molar-refractivity contribution in [2.24, 2.45) is 16.8 Å². The van der Waals surface area contributed by atoms with E-state index in [2.05, 4.69) is 15.6 Å². The number of carbonyl (C=O) groups excluding carboxylic acids is 1. The van der Waals surface area contributed by atoms with E-state index in [-0.39, 0.29) is 47.9 Å². The second kappa shape index (κ2) is 12.0. The average molecular weight is 480 g/mol. The Bertz CT molecular complexity index is 453. The van der Waals surface area contributed by atoms with Gasteiger partial charge in [0.2, 0.25) is 5.91 Å². The first-order valence-corrected chi connectivity index (χ1v) is 9.87. The maximum atomic E-state index is 12.2. The third kappa shape index (κ3) is 7.21. The summed E-state index contributed by atoms with van der Waals surface area (Å²) in [4.78, 5) is 18.2. The number of aliphatic hydroxyl groups is 1. The van der Waals surface area contributed by atoms with Crippen LogP contribution in [0.5, 0.6) is 0 Å². The molecule has 26 heavy (non-hydrogen) atoms. The molecule has 0 heterocycles. The highest BCUT2D eigenvalue weighted by molar-refractivity contribution is 14.0. The van der Waals surface area contributed by atoms with Gasteiger partial charge in [-0.2, -0.15) is 0 Å². The van der Waals surface area contributed by atoms with Crippen molar-refractivity contribution >= 4 is 35.8 Å². The Morgan fingerprint density at radius 2 is 1.85 bits per heavy atom. The van der Waals surface area contributed by atoms with Crippen molar-refractivity contribution in [1.29, 1.82) is 0 Å². The zero-order valence-corrected chi connectivity index (χ0v) is 18.9. The van der Waals surface area contributed by atoms with E-state index < -0.39 is 0 Å². The minimum Gasteiger partial charge on any atom is -0.391 e. The molecule has 152 valence electrons. The molecule has 2 saturated carbocycles. The van der Waals surface area contributed by atoms with Crippen LogP contribution in [0.4, 0.5) is 0 Å². The third-order valence-electron chi connectivity index (χ3n) is 5.70. The van der Waals surface area contributed by atoms with E-state index in [4.69, 9.17) is 0 Å². The molecular weight excluding hydrogens is 443 g/mol. The van der Waals surface area contributed by atoms with Crippen molar-refractivity contribution in [2.45, 2.75) is 69.9 Å². The van der Waals surface area contributed by atoms with Crippen LogP contribution in [-0.4, -0.2) is 61.7 Å². The summed E-state index contributed by atoms with van der Waals surface area (Å²) in [5, 5.41) is 17.1. The maximum absolute atomic E-state index is 12.2. The second-order valence-electron chi connectivity index (χ2n) is 7.86. The normalized spacial score (nSPS) is 25.8. The van der Waals surface area contributed by atoms with E-state index in [0.29, 0.717) is 12.5 Å². The monoisotopic (exact) mass is 480 g/mol. The molecule has 7 heteroatoms. The van der Waals surface area contributed by atoms with Gasteiger partial charge < -0.3 is 20.6 Å². The fourth-order valence-electron chi connectivity index (χ4n) is 4.19. The smallest absolute Gasteiger partial charge is 0.225 e. The number of amides is 1. The van der Waals surface area contributed by atoms with Gasteiger partial charge in [-0.3, -0.25) is 9.79 Å². The van der Waals surface area contributed by atoms with E-state index >= 15 is 0 Å². The molecule has 0 aliphatic heterocycles. The van der Waals surface area contributed by atoms with E-state index in [1.165, 1.54) is 19.3 Å². The SMILES string of the molecule is CN=C(NCC(O)C1CCCCC1)NC1CCCC(C(=O)N(C)C)C1.I. The van der Waals surface area contributed by atoms with E-state index in [0.717, 1.165) is 44.5 Å². The summed E-state index contributed by atoms with van der Waals surface area (Å²) in [7, 11) is 5.41. The van der Waals surface area contributed by atoms with Gasteiger partial charge in [0.1, 0.15) is 0 Å².